The molecule has 0 saturated heterocycles. The van der Waals surface area contributed by atoms with Crippen molar-refractivity contribution in [1.29, 1.82) is 0 Å². The van der Waals surface area contributed by atoms with E-state index in [1.807, 2.05) is 0 Å². The summed E-state index contributed by atoms with van der Waals surface area (Å²) in [7, 11) is 0. The average Bonchev–Trinajstić information content (AvgIpc) is 2.62. The van der Waals surface area contributed by atoms with Crippen LogP contribution in [0.25, 0.3) is 0 Å². The minimum Gasteiger partial charge on any atom is -0.312 e. The molecular weight excluding hydrogens is 242 g/mol. The van der Waals surface area contributed by atoms with E-state index in [2.05, 4.69) is 57.3 Å². The Labute approximate surface area is 125 Å². The van der Waals surface area contributed by atoms with Crippen molar-refractivity contribution in [3.8, 4) is 0 Å². The van der Waals surface area contributed by atoms with Gasteiger partial charge >= 0.3 is 0 Å². The maximum absolute atomic E-state index is 3.73. The second-order valence-corrected chi connectivity index (χ2v) is 7.55. The molecule has 2 atom stereocenters. The molecule has 0 aliphatic heterocycles. The second-order valence-electron chi connectivity index (χ2n) is 7.55. The van der Waals surface area contributed by atoms with Crippen LogP contribution in [0, 0.1) is 12.8 Å². The molecular formula is C19H31N. The summed E-state index contributed by atoms with van der Waals surface area (Å²) in [6.45, 7) is 10.1. The summed E-state index contributed by atoms with van der Waals surface area (Å²) in [5.74, 6) is 1.53. The van der Waals surface area contributed by atoms with Gasteiger partial charge in [-0.3, -0.25) is 0 Å². The molecule has 0 aromatic heterocycles. The Bertz CT molecular complexity index is 399. The van der Waals surface area contributed by atoms with Crippen LogP contribution in [0.4, 0.5) is 0 Å². The first-order valence-corrected chi connectivity index (χ1v) is 8.27. The summed E-state index contributed by atoms with van der Waals surface area (Å²) in [5, 5.41) is 3.73. The standard InChI is InChI=1S/C19H31N/c1-15-10-12-16(13-11-15)18-9-7-5-6-8-17(18)14-20-19(2,3)4/h10-13,17-18,20H,5-9,14H2,1-4H3. The van der Waals surface area contributed by atoms with Gasteiger partial charge in [0.25, 0.3) is 0 Å². The SMILES string of the molecule is Cc1ccc(C2CCCCCC2CNC(C)(C)C)cc1. The van der Waals surface area contributed by atoms with Gasteiger partial charge in [-0.05, 0) is 64.5 Å². The van der Waals surface area contributed by atoms with Crippen molar-refractivity contribution in [2.45, 2.75) is 71.3 Å². The quantitative estimate of drug-likeness (QED) is 0.760. The fraction of sp³-hybridized carbons (Fsp3) is 0.684. The van der Waals surface area contributed by atoms with Crippen molar-refractivity contribution in [2.75, 3.05) is 6.54 Å². The molecule has 20 heavy (non-hydrogen) atoms. The van der Waals surface area contributed by atoms with Crippen LogP contribution in [0.5, 0.6) is 0 Å². The molecule has 1 nitrogen and oxygen atoms in total. The Morgan fingerprint density at radius 1 is 1.00 bits per heavy atom. The summed E-state index contributed by atoms with van der Waals surface area (Å²) in [5.41, 5.74) is 3.15. The number of hydrogen-bond acceptors (Lipinski definition) is 1. The molecule has 0 heterocycles. The summed E-state index contributed by atoms with van der Waals surface area (Å²) in [6.07, 6.45) is 6.94. The first kappa shape index (κ1) is 15.6. The van der Waals surface area contributed by atoms with E-state index >= 15 is 0 Å². The third-order valence-corrected chi connectivity index (χ3v) is 4.56. The summed E-state index contributed by atoms with van der Waals surface area (Å²) in [6, 6.07) is 9.26. The number of benzene rings is 1. The van der Waals surface area contributed by atoms with E-state index in [-0.39, 0.29) is 5.54 Å². The average molecular weight is 273 g/mol. The van der Waals surface area contributed by atoms with Crippen LogP contribution in [0.1, 0.15) is 69.9 Å². The van der Waals surface area contributed by atoms with Crippen molar-refractivity contribution in [3.63, 3.8) is 0 Å². The number of aryl methyl sites for hydroxylation is 1. The van der Waals surface area contributed by atoms with Gasteiger partial charge in [-0.1, -0.05) is 49.1 Å². The number of hydrogen-bond donors (Lipinski definition) is 1. The van der Waals surface area contributed by atoms with E-state index < -0.39 is 0 Å². The molecule has 1 saturated carbocycles. The topological polar surface area (TPSA) is 12.0 Å². The van der Waals surface area contributed by atoms with Crippen LogP contribution in [-0.4, -0.2) is 12.1 Å². The third-order valence-electron chi connectivity index (χ3n) is 4.56. The van der Waals surface area contributed by atoms with E-state index in [1.165, 1.54) is 37.7 Å². The number of nitrogens with one attached hydrogen (secondary N) is 1. The van der Waals surface area contributed by atoms with Gasteiger partial charge in [0.2, 0.25) is 0 Å². The highest BCUT2D eigenvalue weighted by Gasteiger charge is 2.26. The zero-order valence-electron chi connectivity index (χ0n) is 13.7. The number of rotatable bonds is 3. The van der Waals surface area contributed by atoms with Gasteiger partial charge in [0.1, 0.15) is 0 Å². The van der Waals surface area contributed by atoms with Crippen molar-refractivity contribution >= 4 is 0 Å². The maximum atomic E-state index is 3.73. The Morgan fingerprint density at radius 3 is 2.30 bits per heavy atom. The smallest absolute Gasteiger partial charge is 0.00966 e. The van der Waals surface area contributed by atoms with Crippen LogP contribution in [0.15, 0.2) is 24.3 Å². The van der Waals surface area contributed by atoms with Crippen LogP contribution >= 0.6 is 0 Å². The fourth-order valence-electron chi connectivity index (χ4n) is 3.32. The Morgan fingerprint density at radius 2 is 1.65 bits per heavy atom. The van der Waals surface area contributed by atoms with Gasteiger partial charge < -0.3 is 5.32 Å². The van der Waals surface area contributed by atoms with E-state index in [0.717, 1.165) is 18.4 Å². The fourth-order valence-corrected chi connectivity index (χ4v) is 3.32. The molecule has 2 rings (SSSR count). The van der Waals surface area contributed by atoms with Crippen molar-refractivity contribution < 1.29 is 0 Å². The summed E-state index contributed by atoms with van der Waals surface area (Å²) >= 11 is 0. The minimum atomic E-state index is 0.226. The molecule has 1 aliphatic carbocycles. The lowest BCUT2D eigenvalue weighted by atomic mass is 9.82. The first-order chi connectivity index (χ1) is 9.46. The van der Waals surface area contributed by atoms with Gasteiger partial charge in [-0.25, -0.2) is 0 Å². The highest BCUT2D eigenvalue weighted by atomic mass is 14.9. The monoisotopic (exact) mass is 273 g/mol. The first-order valence-electron chi connectivity index (χ1n) is 8.27. The largest absolute Gasteiger partial charge is 0.312 e. The molecule has 1 fully saturated rings. The lowest BCUT2D eigenvalue weighted by Crippen LogP contribution is -2.40. The van der Waals surface area contributed by atoms with E-state index in [9.17, 15) is 0 Å². The molecule has 0 spiro atoms. The Balaban J connectivity index is 2.10. The zero-order chi connectivity index (χ0) is 14.6. The molecule has 0 amide bonds. The lowest BCUT2D eigenvalue weighted by molar-refractivity contribution is 0.322. The van der Waals surface area contributed by atoms with Gasteiger partial charge in [0, 0.05) is 5.54 Å². The molecule has 1 N–H and O–H groups in total. The molecule has 0 bridgehead atoms. The van der Waals surface area contributed by atoms with E-state index in [4.69, 9.17) is 0 Å². The molecule has 0 radical (unpaired) electrons. The molecule has 2 unspecified atom stereocenters. The predicted molar refractivity (Wildman–Crippen MR) is 88.3 cm³/mol. The normalized spacial score (nSPS) is 24.4. The minimum absolute atomic E-state index is 0.226. The van der Waals surface area contributed by atoms with E-state index in [0.29, 0.717) is 0 Å². The van der Waals surface area contributed by atoms with Crippen LogP contribution in [0.2, 0.25) is 0 Å². The predicted octanol–water partition coefficient (Wildman–Crippen LogP) is 5.05. The molecule has 1 aromatic rings. The van der Waals surface area contributed by atoms with Crippen LogP contribution in [0.3, 0.4) is 0 Å². The second kappa shape index (κ2) is 6.76. The van der Waals surface area contributed by atoms with Gasteiger partial charge in [-0.15, -0.1) is 0 Å². The van der Waals surface area contributed by atoms with Crippen molar-refractivity contribution in [3.05, 3.63) is 35.4 Å². The third kappa shape index (κ3) is 4.63. The van der Waals surface area contributed by atoms with Crippen LogP contribution < -0.4 is 5.32 Å². The van der Waals surface area contributed by atoms with Crippen LogP contribution in [-0.2, 0) is 0 Å². The molecule has 1 aromatic carbocycles. The van der Waals surface area contributed by atoms with E-state index in [1.54, 1.807) is 5.56 Å². The molecule has 112 valence electrons. The lowest BCUT2D eigenvalue weighted by Gasteiger charge is -2.30. The van der Waals surface area contributed by atoms with Gasteiger partial charge in [0.05, 0.1) is 0 Å². The van der Waals surface area contributed by atoms with Crippen molar-refractivity contribution in [2.24, 2.45) is 5.92 Å². The Hall–Kier alpha value is -0.820. The summed E-state index contributed by atoms with van der Waals surface area (Å²) < 4.78 is 0. The summed E-state index contributed by atoms with van der Waals surface area (Å²) in [4.78, 5) is 0. The van der Waals surface area contributed by atoms with Crippen molar-refractivity contribution in [1.82, 2.24) is 5.32 Å². The maximum Gasteiger partial charge on any atom is 0.00966 e. The molecule has 1 aliphatic rings. The zero-order valence-corrected chi connectivity index (χ0v) is 13.7. The molecule has 1 heteroatoms. The van der Waals surface area contributed by atoms with Gasteiger partial charge in [0.15, 0.2) is 0 Å². The highest BCUT2D eigenvalue weighted by Crippen LogP contribution is 2.36. The Kier molecular flexibility index (Phi) is 5.26. The van der Waals surface area contributed by atoms with Gasteiger partial charge in [-0.2, -0.15) is 0 Å². The highest BCUT2D eigenvalue weighted by molar-refractivity contribution is 5.25.